The molecule has 1 aliphatic rings. The number of carbonyl (C=O) groups is 2. The number of hydrogen-bond donors (Lipinski definition) is 0. The molecule has 3 aromatic rings. The van der Waals surface area contributed by atoms with Gasteiger partial charge in [-0.15, -0.1) is 11.3 Å². The number of carbonyl (C=O) groups excluding carboxylic acids is 2. The molecule has 0 bridgehead atoms. The normalized spacial score (nSPS) is 15.7. The van der Waals surface area contributed by atoms with Crippen LogP contribution in [0.4, 0.5) is 4.39 Å². The molecule has 0 spiro atoms. The van der Waals surface area contributed by atoms with E-state index in [1.807, 2.05) is 25.3 Å². The fourth-order valence-corrected chi connectivity index (χ4v) is 5.32. The average Bonchev–Trinajstić information content (AvgIpc) is 3.38. The van der Waals surface area contributed by atoms with Gasteiger partial charge in [0, 0.05) is 29.1 Å². The van der Waals surface area contributed by atoms with Crippen LogP contribution in [-0.2, 0) is 11.2 Å². The van der Waals surface area contributed by atoms with Gasteiger partial charge in [0.2, 0.25) is 5.91 Å². The molecule has 190 valence electrons. The van der Waals surface area contributed by atoms with E-state index in [0.29, 0.717) is 23.6 Å². The van der Waals surface area contributed by atoms with Crippen molar-refractivity contribution < 1.29 is 23.5 Å². The van der Waals surface area contributed by atoms with Gasteiger partial charge in [0.1, 0.15) is 30.5 Å². The molecule has 1 aromatic heterocycles. The van der Waals surface area contributed by atoms with Crippen LogP contribution in [-0.4, -0.2) is 54.5 Å². The predicted molar refractivity (Wildman–Crippen MR) is 138 cm³/mol. The molecule has 8 heteroatoms. The number of thiophene rings is 1. The van der Waals surface area contributed by atoms with E-state index < -0.39 is 0 Å². The summed E-state index contributed by atoms with van der Waals surface area (Å²) in [4.78, 5) is 31.7. The largest absolute Gasteiger partial charge is 0.497 e. The lowest BCUT2D eigenvalue weighted by atomic mass is 10.00. The summed E-state index contributed by atoms with van der Waals surface area (Å²) in [5.74, 6) is 0.379. The number of rotatable bonds is 9. The fraction of sp³-hybridized carbons (Fsp3) is 0.357. The third-order valence-corrected chi connectivity index (χ3v) is 7.64. The van der Waals surface area contributed by atoms with Gasteiger partial charge in [-0.2, -0.15) is 0 Å². The summed E-state index contributed by atoms with van der Waals surface area (Å²) >= 11 is 1.67. The number of hydrogen-bond acceptors (Lipinski definition) is 5. The Morgan fingerprint density at radius 3 is 2.64 bits per heavy atom. The van der Waals surface area contributed by atoms with E-state index in [4.69, 9.17) is 9.47 Å². The maximum absolute atomic E-state index is 13.7. The van der Waals surface area contributed by atoms with Crippen LogP contribution in [0.3, 0.4) is 0 Å². The van der Waals surface area contributed by atoms with Crippen molar-refractivity contribution in [2.75, 3.05) is 26.8 Å². The molecule has 0 saturated heterocycles. The van der Waals surface area contributed by atoms with Crippen molar-refractivity contribution in [2.24, 2.45) is 0 Å². The number of amides is 2. The van der Waals surface area contributed by atoms with Crippen LogP contribution in [0.1, 0.15) is 47.1 Å². The van der Waals surface area contributed by atoms with E-state index >= 15 is 0 Å². The number of methoxy groups -OCH3 is 1. The Kier molecular flexibility index (Phi) is 8.25. The van der Waals surface area contributed by atoms with Crippen LogP contribution in [0.2, 0.25) is 0 Å². The summed E-state index contributed by atoms with van der Waals surface area (Å²) in [6, 6.07) is 14.5. The highest BCUT2D eigenvalue weighted by atomic mass is 32.1. The summed E-state index contributed by atoms with van der Waals surface area (Å²) in [5, 5.41) is 2.02. The van der Waals surface area contributed by atoms with Crippen LogP contribution >= 0.6 is 11.3 Å². The number of halogens is 1. The average molecular weight is 511 g/mol. The maximum atomic E-state index is 13.7. The van der Waals surface area contributed by atoms with Crippen molar-refractivity contribution in [3.05, 3.63) is 81.8 Å². The third-order valence-electron chi connectivity index (χ3n) is 6.65. The summed E-state index contributed by atoms with van der Waals surface area (Å²) in [6.45, 7) is 4.66. The van der Waals surface area contributed by atoms with Gasteiger partial charge in [-0.1, -0.05) is 13.0 Å². The van der Waals surface area contributed by atoms with Crippen molar-refractivity contribution in [1.82, 2.24) is 9.80 Å². The second-order valence-electron chi connectivity index (χ2n) is 8.84. The molecule has 1 aliphatic heterocycles. The summed E-state index contributed by atoms with van der Waals surface area (Å²) in [5.41, 5.74) is 1.56. The summed E-state index contributed by atoms with van der Waals surface area (Å²) < 4.78 is 24.8. The number of nitrogens with zero attached hydrogens (tertiary/aromatic N) is 2. The Bertz CT molecular complexity index is 1200. The fourth-order valence-electron chi connectivity index (χ4n) is 4.39. The molecule has 0 N–H and O–H groups in total. The molecule has 0 unspecified atom stereocenters. The van der Waals surface area contributed by atoms with Crippen molar-refractivity contribution in [2.45, 2.75) is 38.8 Å². The predicted octanol–water partition coefficient (Wildman–Crippen LogP) is 5.34. The number of ether oxygens (including phenoxy) is 2. The molecular weight excluding hydrogens is 479 g/mol. The second-order valence-corrected chi connectivity index (χ2v) is 9.84. The van der Waals surface area contributed by atoms with Crippen LogP contribution < -0.4 is 9.47 Å². The third kappa shape index (κ3) is 5.70. The Hall–Kier alpha value is -3.39. The lowest BCUT2D eigenvalue weighted by Gasteiger charge is -2.38. The molecule has 0 saturated carbocycles. The monoisotopic (exact) mass is 510 g/mol. The van der Waals surface area contributed by atoms with Crippen LogP contribution in [0, 0.1) is 5.82 Å². The van der Waals surface area contributed by atoms with E-state index in [-0.39, 0.29) is 42.9 Å². The smallest absolute Gasteiger partial charge is 0.254 e. The van der Waals surface area contributed by atoms with Gasteiger partial charge in [-0.25, -0.2) is 4.39 Å². The minimum absolute atomic E-state index is 0.0319. The highest BCUT2D eigenvalue weighted by Crippen LogP contribution is 2.34. The van der Waals surface area contributed by atoms with Gasteiger partial charge < -0.3 is 19.3 Å². The molecule has 2 aromatic carbocycles. The Labute approximate surface area is 215 Å². The first-order valence-corrected chi connectivity index (χ1v) is 13.0. The zero-order valence-corrected chi connectivity index (χ0v) is 21.6. The van der Waals surface area contributed by atoms with E-state index in [1.54, 1.807) is 64.6 Å². The molecule has 6 nitrogen and oxygen atoms in total. The molecular formula is C28H31FN2O4S. The lowest BCUT2D eigenvalue weighted by Crippen LogP contribution is -2.49. The molecule has 0 fully saturated rings. The first kappa shape index (κ1) is 25.7. The molecule has 0 aliphatic carbocycles. The highest BCUT2D eigenvalue weighted by molar-refractivity contribution is 7.10. The lowest BCUT2D eigenvalue weighted by molar-refractivity contribution is -0.136. The van der Waals surface area contributed by atoms with Crippen molar-refractivity contribution in [1.29, 1.82) is 0 Å². The quantitative estimate of drug-likeness (QED) is 0.390. The molecule has 2 amide bonds. The minimum atomic E-state index is -0.374. The Morgan fingerprint density at radius 2 is 1.94 bits per heavy atom. The molecule has 0 radical (unpaired) electrons. The van der Waals surface area contributed by atoms with Crippen LogP contribution in [0.15, 0.2) is 60.0 Å². The Morgan fingerprint density at radius 1 is 1.17 bits per heavy atom. The summed E-state index contributed by atoms with van der Waals surface area (Å²) in [7, 11) is 1.58. The van der Waals surface area contributed by atoms with Gasteiger partial charge in [0.15, 0.2) is 0 Å². The van der Waals surface area contributed by atoms with Gasteiger partial charge in [-0.3, -0.25) is 9.59 Å². The first-order chi connectivity index (χ1) is 17.4. The second kappa shape index (κ2) is 11.6. The molecule has 2 heterocycles. The van der Waals surface area contributed by atoms with E-state index in [1.165, 1.54) is 17.0 Å². The molecule has 2 atom stereocenters. The van der Waals surface area contributed by atoms with Crippen molar-refractivity contribution in [3.63, 3.8) is 0 Å². The van der Waals surface area contributed by atoms with E-state index in [9.17, 15) is 14.0 Å². The van der Waals surface area contributed by atoms with Crippen molar-refractivity contribution >= 4 is 23.2 Å². The van der Waals surface area contributed by atoms with Gasteiger partial charge in [-0.05, 0) is 73.2 Å². The van der Waals surface area contributed by atoms with Crippen molar-refractivity contribution in [3.8, 4) is 11.5 Å². The van der Waals surface area contributed by atoms with Gasteiger partial charge in [0.25, 0.3) is 5.91 Å². The molecule has 4 rings (SSSR count). The standard InChI is InChI=1S/C28H31FN2O4S/c1-4-19(2)31(28(33)20-8-10-22(34-3)11-9-20)17-27(32)30-14-12-26-24(13-15-36-26)25(30)18-35-23-7-5-6-21(29)16-23/h5-11,13,15-16,19,25H,4,12,14,17-18H2,1-3H3/t19-,25+/m1/s1. The highest BCUT2D eigenvalue weighted by Gasteiger charge is 2.34. The Balaban J connectivity index is 1.54. The SMILES string of the molecule is CC[C@@H](C)N(CC(=O)N1CCc2sccc2[C@@H]1COc1cccc(F)c1)C(=O)c1ccc(OC)cc1. The number of fused-ring (bicyclic) bond motifs is 1. The minimum Gasteiger partial charge on any atom is -0.497 e. The van der Waals surface area contributed by atoms with E-state index in [0.717, 1.165) is 18.4 Å². The topological polar surface area (TPSA) is 59.1 Å². The zero-order valence-electron chi connectivity index (χ0n) is 20.8. The summed E-state index contributed by atoms with van der Waals surface area (Å²) in [6.07, 6.45) is 1.47. The zero-order chi connectivity index (χ0) is 25.7. The van der Waals surface area contributed by atoms with Crippen LogP contribution in [0.25, 0.3) is 0 Å². The first-order valence-electron chi connectivity index (χ1n) is 12.1. The van der Waals surface area contributed by atoms with E-state index in [2.05, 4.69) is 0 Å². The maximum Gasteiger partial charge on any atom is 0.254 e. The van der Waals surface area contributed by atoms with Crippen LogP contribution in [0.5, 0.6) is 11.5 Å². The van der Waals surface area contributed by atoms with Gasteiger partial charge in [0.05, 0.1) is 13.2 Å². The van der Waals surface area contributed by atoms with Gasteiger partial charge >= 0.3 is 0 Å². The molecule has 36 heavy (non-hydrogen) atoms. The number of benzene rings is 2.